The number of aromatic nitrogens is 4. The van der Waals surface area contributed by atoms with Crippen molar-refractivity contribution in [3.63, 3.8) is 0 Å². The summed E-state index contributed by atoms with van der Waals surface area (Å²) >= 11 is 6.20. The first-order chi connectivity index (χ1) is 12.7. The number of hydrogen-bond acceptors (Lipinski definition) is 6. The maximum Gasteiger partial charge on any atom is 0.229 e. The third-order valence-corrected chi connectivity index (χ3v) is 4.73. The van der Waals surface area contributed by atoms with Gasteiger partial charge in [-0.05, 0) is 31.3 Å². The molecule has 134 valence electrons. The van der Waals surface area contributed by atoms with Crippen LogP contribution in [0, 0.1) is 0 Å². The third kappa shape index (κ3) is 3.63. The second-order valence-electron chi connectivity index (χ2n) is 6.30. The van der Waals surface area contributed by atoms with E-state index in [0.717, 1.165) is 31.9 Å². The number of nitrogens with one attached hydrogen (secondary N) is 1. The van der Waals surface area contributed by atoms with E-state index in [4.69, 9.17) is 11.6 Å². The van der Waals surface area contributed by atoms with Crippen LogP contribution in [0.4, 0.5) is 17.3 Å². The quantitative estimate of drug-likeness (QED) is 0.763. The second-order valence-corrected chi connectivity index (χ2v) is 6.70. The smallest absolute Gasteiger partial charge is 0.229 e. The monoisotopic (exact) mass is 369 g/mol. The number of nitrogens with zero attached hydrogens (tertiary/aromatic N) is 6. The van der Waals surface area contributed by atoms with E-state index in [9.17, 15) is 0 Å². The van der Waals surface area contributed by atoms with Gasteiger partial charge in [-0.1, -0.05) is 11.6 Å². The van der Waals surface area contributed by atoms with E-state index in [1.807, 2.05) is 12.1 Å². The van der Waals surface area contributed by atoms with Crippen molar-refractivity contribution in [3.05, 3.63) is 54.2 Å². The lowest BCUT2D eigenvalue weighted by Crippen LogP contribution is -2.44. The minimum absolute atomic E-state index is 0.471. The van der Waals surface area contributed by atoms with Gasteiger partial charge in [0.15, 0.2) is 5.82 Å². The van der Waals surface area contributed by atoms with E-state index >= 15 is 0 Å². The van der Waals surface area contributed by atoms with Crippen molar-refractivity contribution in [2.24, 2.45) is 0 Å². The molecule has 0 atom stereocenters. The topological polar surface area (TPSA) is 62.1 Å². The fraction of sp³-hybridized carbons (Fsp3) is 0.278. The fourth-order valence-electron chi connectivity index (χ4n) is 2.93. The van der Waals surface area contributed by atoms with Crippen LogP contribution in [0.15, 0.2) is 49.2 Å². The van der Waals surface area contributed by atoms with Crippen molar-refractivity contribution in [2.75, 3.05) is 43.4 Å². The molecule has 0 amide bonds. The Morgan fingerprint density at radius 2 is 1.85 bits per heavy atom. The van der Waals surface area contributed by atoms with Crippen LogP contribution in [0.25, 0.3) is 5.82 Å². The van der Waals surface area contributed by atoms with Gasteiger partial charge >= 0.3 is 0 Å². The summed E-state index contributed by atoms with van der Waals surface area (Å²) < 4.78 is 1.76. The van der Waals surface area contributed by atoms with Gasteiger partial charge < -0.3 is 15.1 Å². The Labute approximate surface area is 157 Å². The third-order valence-electron chi connectivity index (χ3n) is 4.47. The molecule has 7 nitrogen and oxygen atoms in total. The van der Waals surface area contributed by atoms with Gasteiger partial charge in [-0.25, -0.2) is 9.97 Å². The van der Waals surface area contributed by atoms with Gasteiger partial charge in [0.05, 0.1) is 6.20 Å². The molecule has 1 aliphatic heterocycles. The number of hydrogen-bond donors (Lipinski definition) is 1. The van der Waals surface area contributed by atoms with Crippen LogP contribution < -0.4 is 10.2 Å². The van der Waals surface area contributed by atoms with Crippen molar-refractivity contribution >= 4 is 28.9 Å². The highest BCUT2D eigenvalue weighted by molar-refractivity contribution is 6.32. The van der Waals surface area contributed by atoms with Gasteiger partial charge in [-0.2, -0.15) is 4.98 Å². The molecule has 3 aromatic rings. The first-order valence-corrected chi connectivity index (χ1v) is 8.88. The first kappa shape index (κ1) is 16.8. The van der Waals surface area contributed by atoms with E-state index < -0.39 is 0 Å². The molecule has 1 N–H and O–H groups in total. The van der Waals surface area contributed by atoms with Gasteiger partial charge in [0.25, 0.3) is 0 Å². The summed E-state index contributed by atoms with van der Waals surface area (Å²) in [5, 5.41) is 3.70. The summed E-state index contributed by atoms with van der Waals surface area (Å²) in [6.07, 6.45) is 6.72. The molecule has 26 heavy (non-hydrogen) atoms. The molecule has 0 unspecified atom stereocenters. The number of rotatable bonds is 4. The zero-order chi connectivity index (χ0) is 17.9. The molecule has 1 aromatic carbocycles. The Kier molecular flexibility index (Phi) is 4.73. The number of anilines is 3. The molecule has 0 saturated carbocycles. The first-order valence-electron chi connectivity index (χ1n) is 8.50. The number of halogens is 1. The molecule has 2 aromatic heterocycles. The van der Waals surface area contributed by atoms with E-state index in [1.165, 1.54) is 5.69 Å². The summed E-state index contributed by atoms with van der Waals surface area (Å²) in [7, 11) is 2.16. The van der Waals surface area contributed by atoms with E-state index in [0.29, 0.717) is 16.8 Å². The predicted octanol–water partition coefficient (Wildman–Crippen LogP) is 2.81. The van der Waals surface area contributed by atoms with Crippen molar-refractivity contribution in [3.8, 4) is 5.82 Å². The molecular weight excluding hydrogens is 350 g/mol. The van der Waals surface area contributed by atoms with Crippen molar-refractivity contribution in [1.29, 1.82) is 0 Å². The Hall–Kier alpha value is -2.64. The fourth-order valence-corrected chi connectivity index (χ4v) is 3.12. The highest BCUT2D eigenvalue weighted by Gasteiger charge is 2.14. The van der Waals surface area contributed by atoms with Gasteiger partial charge in [0.1, 0.15) is 11.3 Å². The Morgan fingerprint density at radius 1 is 1.08 bits per heavy atom. The average Bonchev–Trinajstić information content (AvgIpc) is 3.19. The lowest BCUT2D eigenvalue weighted by Gasteiger charge is -2.34. The molecule has 1 saturated heterocycles. The molecule has 0 radical (unpaired) electrons. The average molecular weight is 370 g/mol. The molecule has 0 aliphatic carbocycles. The zero-order valence-corrected chi connectivity index (χ0v) is 15.3. The lowest BCUT2D eigenvalue weighted by molar-refractivity contribution is 0.313. The molecule has 8 heteroatoms. The Bertz CT molecular complexity index is 856. The van der Waals surface area contributed by atoms with Gasteiger partial charge in [-0.15, -0.1) is 0 Å². The summed E-state index contributed by atoms with van der Waals surface area (Å²) in [4.78, 5) is 17.5. The number of likely N-dealkylation sites (N-methyl/N-ethyl adjacent to an activating group) is 1. The van der Waals surface area contributed by atoms with Gasteiger partial charge in [-0.3, -0.25) is 4.57 Å². The van der Waals surface area contributed by atoms with Crippen LogP contribution in [0.5, 0.6) is 0 Å². The molecule has 0 bridgehead atoms. The Balaban J connectivity index is 1.48. The summed E-state index contributed by atoms with van der Waals surface area (Å²) in [5.41, 5.74) is 2.17. The highest BCUT2D eigenvalue weighted by atomic mass is 35.5. The van der Waals surface area contributed by atoms with Crippen LogP contribution in [-0.2, 0) is 0 Å². The van der Waals surface area contributed by atoms with Crippen LogP contribution in [0.2, 0.25) is 5.02 Å². The zero-order valence-electron chi connectivity index (χ0n) is 14.5. The summed E-state index contributed by atoms with van der Waals surface area (Å²) in [6, 6.07) is 8.34. The van der Waals surface area contributed by atoms with Gasteiger partial charge in [0, 0.05) is 49.9 Å². The van der Waals surface area contributed by atoms with Crippen LogP contribution >= 0.6 is 11.6 Å². The minimum atomic E-state index is 0.471. The highest BCUT2D eigenvalue weighted by Crippen LogP contribution is 2.23. The second kappa shape index (κ2) is 7.31. The number of piperazine rings is 1. The van der Waals surface area contributed by atoms with Gasteiger partial charge in [0.2, 0.25) is 5.95 Å². The largest absolute Gasteiger partial charge is 0.369 e. The maximum absolute atomic E-state index is 6.20. The number of benzene rings is 1. The normalized spacial score (nSPS) is 15.2. The number of imidazole rings is 1. The molecule has 4 rings (SSSR count). The van der Waals surface area contributed by atoms with Crippen molar-refractivity contribution in [1.82, 2.24) is 24.4 Å². The SMILES string of the molecule is CN1CCN(c2ccc(Nc3ncc(Cl)c(-n4ccnc4)n3)cc2)CC1. The van der Waals surface area contributed by atoms with E-state index in [-0.39, 0.29) is 0 Å². The predicted molar refractivity (Wildman–Crippen MR) is 104 cm³/mol. The summed E-state index contributed by atoms with van der Waals surface area (Å²) in [5.74, 6) is 1.08. The van der Waals surface area contributed by atoms with Crippen molar-refractivity contribution in [2.45, 2.75) is 0 Å². The molecule has 1 fully saturated rings. The molecule has 0 spiro atoms. The standard InChI is InChI=1S/C18H20ClN7/c1-24-8-10-25(11-9-24)15-4-2-14(3-5-15)22-18-21-12-16(19)17(23-18)26-7-6-20-13-26/h2-7,12-13H,8-11H2,1H3,(H,21,22,23). The molecule has 3 heterocycles. The van der Waals surface area contributed by atoms with E-state index in [1.54, 1.807) is 29.5 Å². The van der Waals surface area contributed by atoms with Crippen LogP contribution in [0.1, 0.15) is 0 Å². The lowest BCUT2D eigenvalue weighted by atomic mass is 10.2. The Morgan fingerprint density at radius 3 is 2.54 bits per heavy atom. The maximum atomic E-state index is 6.20. The van der Waals surface area contributed by atoms with E-state index in [2.05, 4.69) is 49.2 Å². The molecular formula is C18H20ClN7. The van der Waals surface area contributed by atoms with Crippen molar-refractivity contribution < 1.29 is 0 Å². The summed E-state index contributed by atoms with van der Waals surface area (Å²) in [6.45, 7) is 4.29. The minimum Gasteiger partial charge on any atom is -0.369 e. The molecule has 1 aliphatic rings. The van der Waals surface area contributed by atoms with Crippen LogP contribution in [-0.4, -0.2) is 57.6 Å². The van der Waals surface area contributed by atoms with Crippen LogP contribution in [0.3, 0.4) is 0 Å².